The van der Waals surface area contributed by atoms with Gasteiger partial charge in [0.05, 0.1) is 6.54 Å². The van der Waals surface area contributed by atoms with E-state index in [4.69, 9.17) is 5.11 Å². The lowest BCUT2D eigenvalue weighted by molar-refractivity contribution is -0.146. The Labute approximate surface area is 110 Å². The number of alkyl halides is 2. The van der Waals surface area contributed by atoms with Crippen LogP contribution in [-0.4, -0.2) is 48.2 Å². The molecule has 6 heteroatoms. The van der Waals surface area contributed by atoms with Crippen LogP contribution >= 0.6 is 0 Å². The third kappa shape index (κ3) is 3.27. The molecule has 1 fully saturated rings. The Bertz CT molecular complexity index is 440. The molecule has 19 heavy (non-hydrogen) atoms. The molecule has 1 aromatic rings. The number of piperazine rings is 1. The predicted molar refractivity (Wildman–Crippen MR) is 66.2 cm³/mol. The Morgan fingerprint density at radius 1 is 1.42 bits per heavy atom. The Kier molecular flexibility index (Phi) is 4.11. The molecule has 1 unspecified atom stereocenters. The summed E-state index contributed by atoms with van der Waals surface area (Å²) in [5, 5.41) is 12.0. The van der Waals surface area contributed by atoms with Gasteiger partial charge >= 0.3 is 5.97 Å². The Balaban J connectivity index is 2.12. The van der Waals surface area contributed by atoms with Gasteiger partial charge in [-0.15, -0.1) is 0 Å². The predicted octanol–water partition coefficient (Wildman–Crippen LogP) is 1.14. The van der Waals surface area contributed by atoms with E-state index in [0.29, 0.717) is 13.1 Å². The summed E-state index contributed by atoms with van der Waals surface area (Å²) < 4.78 is 28.2. The number of nitrogens with zero attached hydrogens (tertiary/aromatic N) is 1. The largest absolute Gasteiger partial charge is 0.480 e. The van der Waals surface area contributed by atoms with Gasteiger partial charge in [0.25, 0.3) is 5.92 Å². The molecular weight excluding hydrogens is 254 g/mol. The van der Waals surface area contributed by atoms with E-state index in [1.165, 1.54) is 17.0 Å². The second-order valence-electron chi connectivity index (χ2n) is 4.60. The zero-order valence-corrected chi connectivity index (χ0v) is 10.4. The monoisotopic (exact) mass is 270 g/mol. The third-order valence-electron chi connectivity index (χ3n) is 3.24. The first-order valence-corrected chi connectivity index (χ1v) is 6.11. The Morgan fingerprint density at radius 2 is 2.11 bits per heavy atom. The van der Waals surface area contributed by atoms with Crippen LogP contribution in [0, 0.1) is 0 Å². The van der Waals surface area contributed by atoms with Crippen LogP contribution in [0.1, 0.15) is 5.56 Å². The number of nitrogens with one attached hydrogen (secondary N) is 1. The number of benzene rings is 1. The van der Waals surface area contributed by atoms with E-state index >= 15 is 0 Å². The highest BCUT2D eigenvalue weighted by atomic mass is 19.3. The van der Waals surface area contributed by atoms with Crippen LogP contribution < -0.4 is 5.32 Å². The van der Waals surface area contributed by atoms with Crippen molar-refractivity contribution < 1.29 is 18.7 Å². The van der Waals surface area contributed by atoms with Crippen LogP contribution in [0.5, 0.6) is 0 Å². The normalized spacial score (nSPS) is 21.3. The van der Waals surface area contributed by atoms with Crippen molar-refractivity contribution in [2.75, 3.05) is 26.2 Å². The first kappa shape index (κ1) is 13.9. The van der Waals surface area contributed by atoms with Crippen molar-refractivity contribution in [3.05, 3.63) is 35.9 Å². The topological polar surface area (TPSA) is 52.6 Å². The Hall–Kier alpha value is -1.53. The van der Waals surface area contributed by atoms with E-state index in [-0.39, 0.29) is 12.1 Å². The van der Waals surface area contributed by atoms with Gasteiger partial charge in [-0.05, 0) is 0 Å². The highest BCUT2D eigenvalue weighted by molar-refractivity contribution is 5.74. The van der Waals surface area contributed by atoms with Crippen molar-refractivity contribution in [3.63, 3.8) is 0 Å². The zero-order valence-electron chi connectivity index (χ0n) is 10.4. The first-order chi connectivity index (χ1) is 9.00. The summed E-state index contributed by atoms with van der Waals surface area (Å²) in [6.45, 7) is 0.448. The highest BCUT2D eigenvalue weighted by Gasteiger charge is 2.38. The van der Waals surface area contributed by atoms with Gasteiger partial charge in [-0.25, -0.2) is 0 Å². The van der Waals surface area contributed by atoms with E-state index in [9.17, 15) is 13.6 Å². The second-order valence-corrected chi connectivity index (χ2v) is 4.60. The molecule has 2 N–H and O–H groups in total. The van der Waals surface area contributed by atoms with Gasteiger partial charge < -0.3 is 10.4 Å². The second kappa shape index (κ2) is 5.63. The maximum Gasteiger partial charge on any atom is 0.322 e. The van der Waals surface area contributed by atoms with Gasteiger partial charge in [0.2, 0.25) is 0 Å². The molecule has 0 spiro atoms. The van der Waals surface area contributed by atoms with Crippen molar-refractivity contribution in [3.8, 4) is 0 Å². The lowest BCUT2D eigenvalue weighted by Crippen LogP contribution is -2.57. The molecule has 0 bridgehead atoms. The van der Waals surface area contributed by atoms with E-state index in [1.807, 2.05) is 0 Å². The minimum absolute atomic E-state index is 0.0855. The number of halogens is 2. The summed E-state index contributed by atoms with van der Waals surface area (Å²) >= 11 is 0. The van der Waals surface area contributed by atoms with Crippen molar-refractivity contribution in [1.29, 1.82) is 0 Å². The molecule has 0 radical (unpaired) electrons. The van der Waals surface area contributed by atoms with Crippen LogP contribution in [-0.2, 0) is 10.7 Å². The molecule has 0 aliphatic carbocycles. The van der Waals surface area contributed by atoms with Crippen molar-refractivity contribution in [2.24, 2.45) is 0 Å². The first-order valence-electron chi connectivity index (χ1n) is 6.11. The smallest absolute Gasteiger partial charge is 0.322 e. The van der Waals surface area contributed by atoms with Crippen LogP contribution in [0.25, 0.3) is 0 Å². The summed E-state index contributed by atoms with van der Waals surface area (Å²) in [5.41, 5.74) is -0.0855. The quantitative estimate of drug-likeness (QED) is 0.861. The number of rotatable bonds is 4. The van der Waals surface area contributed by atoms with E-state index in [0.717, 1.165) is 0 Å². The van der Waals surface area contributed by atoms with Gasteiger partial charge in [-0.2, -0.15) is 8.78 Å². The SMILES string of the molecule is O=C(O)C1CNCCN1CC(F)(F)c1ccccc1. The van der Waals surface area contributed by atoms with Crippen molar-refractivity contribution in [1.82, 2.24) is 10.2 Å². The molecule has 1 aromatic carbocycles. The fourth-order valence-electron chi connectivity index (χ4n) is 2.21. The molecule has 1 atom stereocenters. The fraction of sp³-hybridized carbons (Fsp3) is 0.462. The molecule has 104 valence electrons. The molecule has 0 aromatic heterocycles. The fourth-order valence-corrected chi connectivity index (χ4v) is 2.21. The summed E-state index contributed by atoms with van der Waals surface area (Å²) in [7, 11) is 0. The molecule has 1 heterocycles. The molecule has 4 nitrogen and oxygen atoms in total. The van der Waals surface area contributed by atoms with Gasteiger partial charge in [0.1, 0.15) is 6.04 Å². The van der Waals surface area contributed by atoms with Crippen LogP contribution in [0.4, 0.5) is 8.78 Å². The number of hydrogen-bond acceptors (Lipinski definition) is 3. The Morgan fingerprint density at radius 3 is 2.74 bits per heavy atom. The third-order valence-corrected chi connectivity index (χ3v) is 3.24. The summed E-state index contributed by atoms with van der Waals surface area (Å²) in [6.07, 6.45) is 0. The average Bonchev–Trinajstić information content (AvgIpc) is 2.39. The van der Waals surface area contributed by atoms with Crippen LogP contribution in [0.2, 0.25) is 0 Å². The standard InChI is InChI=1S/C13H16F2N2O2/c14-13(15,10-4-2-1-3-5-10)9-17-7-6-16-8-11(17)12(18)19/h1-5,11,16H,6-9H2,(H,18,19). The molecule has 2 rings (SSSR count). The number of carboxylic acid groups (broad SMARTS) is 1. The van der Waals surface area contributed by atoms with E-state index in [1.54, 1.807) is 18.2 Å². The maximum atomic E-state index is 14.1. The number of aliphatic carboxylic acids is 1. The molecule has 0 amide bonds. The highest BCUT2D eigenvalue weighted by Crippen LogP contribution is 2.29. The minimum Gasteiger partial charge on any atom is -0.480 e. The van der Waals surface area contributed by atoms with E-state index < -0.39 is 24.5 Å². The van der Waals surface area contributed by atoms with Gasteiger partial charge in [-0.1, -0.05) is 30.3 Å². The van der Waals surface area contributed by atoms with Crippen LogP contribution in [0.3, 0.4) is 0 Å². The van der Waals surface area contributed by atoms with Gasteiger partial charge in [0, 0.05) is 25.2 Å². The van der Waals surface area contributed by atoms with E-state index in [2.05, 4.69) is 5.32 Å². The van der Waals surface area contributed by atoms with Gasteiger partial charge in [0.15, 0.2) is 0 Å². The summed E-state index contributed by atoms with van der Waals surface area (Å²) in [6, 6.07) is 6.59. The molecule has 1 saturated heterocycles. The maximum absolute atomic E-state index is 14.1. The molecule has 0 saturated carbocycles. The van der Waals surface area contributed by atoms with Crippen molar-refractivity contribution >= 4 is 5.97 Å². The lowest BCUT2D eigenvalue weighted by atomic mass is 10.1. The summed E-state index contributed by atoms with van der Waals surface area (Å²) in [4.78, 5) is 12.4. The average molecular weight is 270 g/mol. The van der Waals surface area contributed by atoms with Gasteiger partial charge in [-0.3, -0.25) is 9.69 Å². The molecular formula is C13H16F2N2O2. The number of carboxylic acids is 1. The zero-order chi connectivity index (χ0) is 13.9. The number of hydrogen-bond donors (Lipinski definition) is 2. The molecule has 1 aliphatic heterocycles. The summed E-state index contributed by atoms with van der Waals surface area (Å²) in [5.74, 6) is -4.12. The number of carbonyl (C=O) groups is 1. The minimum atomic E-state index is -3.05. The lowest BCUT2D eigenvalue weighted by Gasteiger charge is -2.35. The van der Waals surface area contributed by atoms with Crippen LogP contribution in [0.15, 0.2) is 30.3 Å². The van der Waals surface area contributed by atoms with Crippen molar-refractivity contribution in [2.45, 2.75) is 12.0 Å². The molecule has 1 aliphatic rings.